The number of benzene rings is 1. The molecule has 0 amide bonds. The Morgan fingerprint density at radius 3 is 2.70 bits per heavy atom. The first-order chi connectivity index (χ1) is 14.4. The van der Waals surface area contributed by atoms with Crippen LogP contribution in [0.4, 0.5) is 8.78 Å². The highest BCUT2D eigenvalue weighted by Crippen LogP contribution is 2.45. The molecule has 0 radical (unpaired) electrons. The summed E-state index contributed by atoms with van der Waals surface area (Å²) < 4.78 is 35.9. The number of hydrogen-bond acceptors (Lipinski definition) is 6. The fourth-order valence-electron chi connectivity index (χ4n) is 4.49. The quantitative estimate of drug-likeness (QED) is 0.708. The van der Waals surface area contributed by atoms with Gasteiger partial charge in [-0.2, -0.15) is 0 Å². The maximum atomic E-state index is 14.1. The summed E-state index contributed by atoms with van der Waals surface area (Å²) in [5, 5.41) is 18.6. The number of fused-ring (bicyclic) bond motifs is 2. The number of aromatic hydroxyl groups is 1. The van der Waals surface area contributed by atoms with Gasteiger partial charge in [-0.25, -0.2) is 13.8 Å². The van der Waals surface area contributed by atoms with E-state index in [1.807, 2.05) is 6.07 Å². The number of phenols is 1. The molecular formula is C21H21F2N5O2. The number of aromatic nitrogens is 4. The molecular weight excluding hydrogens is 392 g/mol. The molecule has 2 saturated heterocycles. The summed E-state index contributed by atoms with van der Waals surface area (Å²) in [4.78, 5) is 5.76. The van der Waals surface area contributed by atoms with Crippen LogP contribution >= 0.6 is 0 Å². The molecule has 2 bridgehead atoms. The van der Waals surface area contributed by atoms with Crippen LogP contribution in [0.3, 0.4) is 0 Å². The van der Waals surface area contributed by atoms with Crippen LogP contribution in [0.2, 0.25) is 0 Å². The number of hydrogen-bond donors (Lipinski definition) is 1. The normalized spacial score (nSPS) is 25.4. The van der Waals surface area contributed by atoms with E-state index in [9.17, 15) is 13.9 Å². The first-order valence-corrected chi connectivity index (χ1v) is 9.82. The first kappa shape index (κ1) is 18.9. The smallest absolute Gasteiger partial charge is 0.264 e. The molecule has 156 valence electrons. The lowest BCUT2D eigenvalue weighted by Gasteiger charge is -2.36. The van der Waals surface area contributed by atoms with E-state index in [4.69, 9.17) is 4.74 Å². The van der Waals surface area contributed by atoms with Crippen molar-refractivity contribution in [2.24, 2.45) is 0 Å². The maximum Gasteiger partial charge on any atom is 0.264 e. The fraction of sp³-hybridized carbons (Fsp3) is 0.381. The molecule has 3 aromatic rings. The summed E-state index contributed by atoms with van der Waals surface area (Å²) in [6.45, 7) is 0. The summed E-state index contributed by atoms with van der Waals surface area (Å²) in [6, 6.07) is 7.61. The molecule has 1 N–H and O–H groups in total. The molecule has 30 heavy (non-hydrogen) atoms. The number of rotatable bonds is 4. The molecule has 7 nitrogen and oxygen atoms in total. The number of piperidine rings is 1. The second kappa shape index (κ2) is 7.02. The van der Waals surface area contributed by atoms with Crippen LogP contribution in [0.15, 0.2) is 49.1 Å². The third-order valence-corrected chi connectivity index (χ3v) is 6.07. The Kier molecular flexibility index (Phi) is 4.43. The summed E-state index contributed by atoms with van der Waals surface area (Å²) in [5.41, 5.74) is 1.80. The molecule has 4 heterocycles. The zero-order valence-corrected chi connectivity index (χ0v) is 16.3. The van der Waals surface area contributed by atoms with Gasteiger partial charge in [0.15, 0.2) is 0 Å². The maximum absolute atomic E-state index is 14.1. The third-order valence-electron chi connectivity index (χ3n) is 6.07. The van der Waals surface area contributed by atoms with Gasteiger partial charge >= 0.3 is 0 Å². The van der Waals surface area contributed by atoms with Gasteiger partial charge in [0.2, 0.25) is 5.88 Å². The predicted octanol–water partition coefficient (Wildman–Crippen LogP) is 3.28. The van der Waals surface area contributed by atoms with Crippen molar-refractivity contribution in [1.82, 2.24) is 24.6 Å². The summed E-state index contributed by atoms with van der Waals surface area (Å²) in [6.07, 6.45) is 5.46. The van der Waals surface area contributed by atoms with Crippen LogP contribution in [0.5, 0.6) is 11.6 Å². The third kappa shape index (κ3) is 3.28. The van der Waals surface area contributed by atoms with E-state index >= 15 is 0 Å². The summed E-state index contributed by atoms with van der Waals surface area (Å²) in [7, 11) is 1.76. The van der Waals surface area contributed by atoms with Gasteiger partial charge in [0, 0.05) is 55.4 Å². The van der Waals surface area contributed by atoms with Crippen LogP contribution in [0, 0.1) is 0 Å². The summed E-state index contributed by atoms with van der Waals surface area (Å²) in [5.74, 6) is -2.31. The molecule has 2 aliphatic rings. The predicted molar refractivity (Wildman–Crippen MR) is 105 cm³/mol. The number of nitrogens with zero attached hydrogens (tertiary/aromatic N) is 5. The van der Waals surface area contributed by atoms with Gasteiger partial charge in [-0.05, 0) is 25.2 Å². The second-order valence-electron chi connectivity index (χ2n) is 7.94. The fourth-order valence-corrected chi connectivity index (χ4v) is 4.49. The van der Waals surface area contributed by atoms with Gasteiger partial charge < -0.3 is 14.4 Å². The van der Waals surface area contributed by atoms with Crippen molar-refractivity contribution in [3.8, 4) is 28.6 Å². The van der Waals surface area contributed by atoms with Crippen molar-refractivity contribution in [1.29, 1.82) is 0 Å². The highest BCUT2D eigenvalue weighted by atomic mass is 19.3. The molecule has 0 aliphatic carbocycles. The molecule has 0 spiro atoms. The minimum absolute atomic E-state index is 0.0679. The van der Waals surface area contributed by atoms with E-state index in [-0.39, 0.29) is 30.7 Å². The van der Waals surface area contributed by atoms with Gasteiger partial charge in [0.05, 0.1) is 23.8 Å². The molecule has 2 aliphatic heterocycles. The number of imidazole rings is 1. The zero-order valence-electron chi connectivity index (χ0n) is 16.3. The number of ether oxygens (including phenoxy) is 1. The highest BCUT2D eigenvalue weighted by Gasteiger charge is 2.56. The van der Waals surface area contributed by atoms with Gasteiger partial charge in [-0.1, -0.05) is 0 Å². The summed E-state index contributed by atoms with van der Waals surface area (Å²) >= 11 is 0. The standard InChI is InChI=1S/C21H21F2N5O2/c1-27-14-8-15(10-19(27)21(22,23)11-14)30-20-5-4-17(25-26-20)16-3-2-13(9-18(16)29)28-7-6-24-12-28/h2-7,9,12,14-15,19,29H,8,10-11H2,1H3/t14-,15+,19+/m1/s1. The largest absolute Gasteiger partial charge is 0.507 e. The van der Waals surface area contributed by atoms with E-state index in [1.165, 1.54) is 0 Å². The topological polar surface area (TPSA) is 76.3 Å². The SMILES string of the molecule is CN1[C@@H]2C[C@H](Oc3ccc(-c4ccc(-n5ccnc5)cc4O)nn3)C[C@H]1C(F)(F)C2. The molecule has 0 unspecified atom stereocenters. The van der Waals surface area contributed by atoms with Crippen molar-refractivity contribution in [3.05, 3.63) is 49.1 Å². The number of halogens is 2. The molecule has 9 heteroatoms. The lowest BCUT2D eigenvalue weighted by atomic mass is 10.00. The van der Waals surface area contributed by atoms with E-state index in [0.717, 1.165) is 5.69 Å². The lowest BCUT2D eigenvalue weighted by Crippen LogP contribution is -2.47. The van der Waals surface area contributed by atoms with E-state index in [2.05, 4.69) is 15.2 Å². The molecule has 5 rings (SSSR count). The minimum Gasteiger partial charge on any atom is -0.507 e. The molecule has 3 atom stereocenters. The molecule has 1 aromatic carbocycles. The van der Waals surface area contributed by atoms with Crippen molar-refractivity contribution in [2.75, 3.05) is 7.05 Å². The van der Waals surface area contributed by atoms with Crippen LogP contribution in [0.1, 0.15) is 19.3 Å². The second-order valence-corrected chi connectivity index (χ2v) is 7.94. The van der Waals surface area contributed by atoms with Crippen molar-refractivity contribution in [3.63, 3.8) is 0 Å². The Balaban J connectivity index is 1.30. The Morgan fingerprint density at radius 2 is 2.03 bits per heavy atom. The Bertz CT molecular complexity index is 1040. The van der Waals surface area contributed by atoms with Crippen molar-refractivity contribution < 1.29 is 18.6 Å². The number of phenolic OH excluding ortho intramolecular Hbond substituents is 1. The molecule has 0 saturated carbocycles. The van der Waals surface area contributed by atoms with Gasteiger partial charge in [-0.3, -0.25) is 4.90 Å². The van der Waals surface area contributed by atoms with Crippen LogP contribution in [0.25, 0.3) is 16.9 Å². The van der Waals surface area contributed by atoms with Crippen molar-refractivity contribution in [2.45, 2.75) is 43.4 Å². The van der Waals surface area contributed by atoms with Crippen LogP contribution in [-0.2, 0) is 0 Å². The van der Waals surface area contributed by atoms with Gasteiger partial charge in [-0.15, -0.1) is 10.2 Å². The zero-order chi connectivity index (χ0) is 20.9. The van der Waals surface area contributed by atoms with Crippen LogP contribution < -0.4 is 4.74 Å². The molecule has 2 aromatic heterocycles. The minimum atomic E-state index is -2.67. The number of alkyl halides is 2. The van der Waals surface area contributed by atoms with E-state index < -0.39 is 12.0 Å². The van der Waals surface area contributed by atoms with Crippen LogP contribution in [-0.4, -0.2) is 60.9 Å². The lowest BCUT2D eigenvalue weighted by molar-refractivity contribution is -0.0479. The van der Waals surface area contributed by atoms with Gasteiger partial charge in [0.25, 0.3) is 5.92 Å². The van der Waals surface area contributed by atoms with E-state index in [1.54, 1.807) is 59.5 Å². The molecule has 2 fully saturated rings. The monoisotopic (exact) mass is 413 g/mol. The van der Waals surface area contributed by atoms with Crippen molar-refractivity contribution >= 4 is 0 Å². The average Bonchev–Trinajstić information content (AvgIpc) is 3.28. The van der Waals surface area contributed by atoms with E-state index in [0.29, 0.717) is 23.6 Å². The highest BCUT2D eigenvalue weighted by molar-refractivity contribution is 5.68. The Morgan fingerprint density at radius 1 is 1.17 bits per heavy atom. The average molecular weight is 413 g/mol. The first-order valence-electron chi connectivity index (χ1n) is 9.82. The Labute approximate surface area is 171 Å². The Hall–Kier alpha value is -3.07. The van der Waals surface area contributed by atoms with Gasteiger partial charge in [0.1, 0.15) is 11.9 Å².